The van der Waals surface area contributed by atoms with Crippen LogP contribution in [-0.4, -0.2) is 28.5 Å². The summed E-state index contributed by atoms with van der Waals surface area (Å²) in [5, 5.41) is 0. The number of nitrogen functional groups attached to an aromatic ring is 1. The molecule has 1 aliphatic rings. The third-order valence-corrected chi connectivity index (χ3v) is 3.17. The SMILES string of the molecule is Cc1ccc(N)c(=O)n1CC(=O)N1CCCC1. The number of rotatable bonds is 2. The highest BCUT2D eigenvalue weighted by Crippen LogP contribution is 2.08. The average molecular weight is 235 g/mol. The first-order valence-electron chi connectivity index (χ1n) is 5.83. The lowest BCUT2D eigenvalue weighted by molar-refractivity contribution is -0.130. The number of hydrogen-bond donors (Lipinski definition) is 1. The van der Waals surface area contributed by atoms with E-state index in [9.17, 15) is 9.59 Å². The fraction of sp³-hybridized carbons (Fsp3) is 0.500. The second-order valence-electron chi connectivity index (χ2n) is 4.41. The Hall–Kier alpha value is -1.78. The van der Waals surface area contributed by atoms with Gasteiger partial charge in [-0.05, 0) is 31.9 Å². The molecule has 1 amide bonds. The van der Waals surface area contributed by atoms with Crippen LogP contribution in [0.15, 0.2) is 16.9 Å². The molecule has 0 atom stereocenters. The van der Waals surface area contributed by atoms with E-state index in [0.29, 0.717) is 0 Å². The average Bonchev–Trinajstić information content (AvgIpc) is 2.83. The van der Waals surface area contributed by atoms with Crippen LogP contribution >= 0.6 is 0 Å². The first kappa shape index (κ1) is 11.7. The molecule has 0 unspecified atom stereocenters. The van der Waals surface area contributed by atoms with E-state index in [4.69, 9.17) is 5.73 Å². The van der Waals surface area contributed by atoms with Crippen LogP contribution in [-0.2, 0) is 11.3 Å². The number of carbonyl (C=O) groups excluding carboxylic acids is 1. The number of anilines is 1. The molecule has 0 radical (unpaired) electrons. The Kier molecular flexibility index (Phi) is 3.17. The summed E-state index contributed by atoms with van der Waals surface area (Å²) >= 11 is 0. The number of carbonyl (C=O) groups is 1. The lowest BCUT2D eigenvalue weighted by atomic mass is 10.3. The van der Waals surface area contributed by atoms with Crippen LogP contribution in [0, 0.1) is 6.92 Å². The Morgan fingerprint density at radius 1 is 1.35 bits per heavy atom. The molecule has 2 heterocycles. The maximum absolute atomic E-state index is 12.0. The molecule has 17 heavy (non-hydrogen) atoms. The number of aryl methyl sites for hydroxylation is 1. The minimum absolute atomic E-state index is 0.00157. The van der Waals surface area contributed by atoms with Gasteiger partial charge in [-0.2, -0.15) is 0 Å². The molecule has 0 aromatic carbocycles. The topological polar surface area (TPSA) is 68.3 Å². The van der Waals surface area contributed by atoms with Crippen molar-refractivity contribution in [1.82, 2.24) is 9.47 Å². The van der Waals surface area contributed by atoms with Gasteiger partial charge in [0.25, 0.3) is 5.56 Å². The Balaban J connectivity index is 2.21. The van der Waals surface area contributed by atoms with Gasteiger partial charge in [-0.3, -0.25) is 9.59 Å². The molecule has 1 saturated heterocycles. The summed E-state index contributed by atoms with van der Waals surface area (Å²) in [6.07, 6.45) is 2.10. The molecule has 2 rings (SSSR count). The van der Waals surface area contributed by atoms with Gasteiger partial charge in [0.15, 0.2) is 0 Å². The molecule has 0 saturated carbocycles. The predicted molar refractivity (Wildman–Crippen MR) is 65.7 cm³/mol. The molecular weight excluding hydrogens is 218 g/mol. The third-order valence-electron chi connectivity index (χ3n) is 3.17. The second kappa shape index (κ2) is 4.61. The van der Waals surface area contributed by atoms with Crippen molar-refractivity contribution in [3.63, 3.8) is 0 Å². The first-order valence-corrected chi connectivity index (χ1v) is 5.83. The molecule has 0 spiro atoms. The summed E-state index contributed by atoms with van der Waals surface area (Å²) in [6.45, 7) is 3.50. The van der Waals surface area contributed by atoms with E-state index in [1.807, 2.05) is 0 Å². The van der Waals surface area contributed by atoms with Crippen molar-refractivity contribution in [3.05, 3.63) is 28.2 Å². The maximum Gasteiger partial charge on any atom is 0.274 e. The Labute approximate surface area is 99.8 Å². The van der Waals surface area contributed by atoms with E-state index < -0.39 is 0 Å². The van der Waals surface area contributed by atoms with Gasteiger partial charge in [0.1, 0.15) is 6.54 Å². The summed E-state index contributed by atoms with van der Waals surface area (Å²) in [5.41, 5.74) is 6.23. The number of pyridine rings is 1. The number of likely N-dealkylation sites (tertiary alicyclic amines) is 1. The summed E-state index contributed by atoms with van der Waals surface area (Å²) in [4.78, 5) is 25.6. The fourth-order valence-corrected chi connectivity index (χ4v) is 2.09. The normalized spacial score (nSPS) is 15.2. The van der Waals surface area contributed by atoms with Gasteiger partial charge >= 0.3 is 0 Å². The van der Waals surface area contributed by atoms with Crippen molar-refractivity contribution in [1.29, 1.82) is 0 Å². The number of amides is 1. The first-order chi connectivity index (χ1) is 8.09. The van der Waals surface area contributed by atoms with Gasteiger partial charge < -0.3 is 15.2 Å². The van der Waals surface area contributed by atoms with Gasteiger partial charge in [-0.25, -0.2) is 0 Å². The highest BCUT2D eigenvalue weighted by Gasteiger charge is 2.19. The van der Waals surface area contributed by atoms with Gasteiger partial charge in [0.05, 0.1) is 5.69 Å². The zero-order valence-corrected chi connectivity index (χ0v) is 9.98. The molecule has 1 fully saturated rings. The summed E-state index contributed by atoms with van der Waals surface area (Å²) in [6, 6.07) is 3.34. The van der Waals surface area contributed by atoms with Crippen LogP contribution in [0.1, 0.15) is 18.5 Å². The van der Waals surface area contributed by atoms with E-state index in [-0.39, 0.29) is 23.7 Å². The largest absolute Gasteiger partial charge is 0.394 e. The van der Waals surface area contributed by atoms with Crippen LogP contribution in [0.25, 0.3) is 0 Å². The molecule has 1 aliphatic heterocycles. The smallest absolute Gasteiger partial charge is 0.274 e. The number of aromatic nitrogens is 1. The van der Waals surface area contributed by atoms with E-state index >= 15 is 0 Å². The lowest BCUT2D eigenvalue weighted by Crippen LogP contribution is -2.35. The molecule has 1 aromatic rings. The third kappa shape index (κ3) is 2.33. The number of nitrogens with two attached hydrogens (primary N) is 1. The summed E-state index contributed by atoms with van der Waals surface area (Å²) in [7, 11) is 0. The standard InChI is InChI=1S/C12H17N3O2/c1-9-4-5-10(13)12(17)15(9)8-11(16)14-6-2-3-7-14/h4-5H,2-3,6-8,13H2,1H3. The fourth-order valence-electron chi connectivity index (χ4n) is 2.09. The minimum atomic E-state index is -0.280. The Morgan fingerprint density at radius 2 is 2.00 bits per heavy atom. The van der Waals surface area contributed by atoms with Crippen LogP contribution in [0.5, 0.6) is 0 Å². The van der Waals surface area contributed by atoms with Crippen molar-refractivity contribution >= 4 is 11.6 Å². The van der Waals surface area contributed by atoms with Crippen LogP contribution in [0.2, 0.25) is 0 Å². The van der Waals surface area contributed by atoms with Gasteiger partial charge in [-0.1, -0.05) is 0 Å². The quantitative estimate of drug-likeness (QED) is 0.804. The molecule has 0 aliphatic carbocycles. The van der Waals surface area contributed by atoms with Gasteiger partial charge in [-0.15, -0.1) is 0 Å². The second-order valence-corrected chi connectivity index (χ2v) is 4.41. The van der Waals surface area contributed by atoms with Crippen molar-refractivity contribution < 1.29 is 4.79 Å². The van der Waals surface area contributed by atoms with E-state index in [2.05, 4.69) is 0 Å². The molecule has 5 heteroatoms. The number of nitrogens with zero attached hydrogens (tertiary/aromatic N) is 2. The van der Waals surface area contributed by atoms with Crippen molar-refractivity contribution in [2.75, 3.05) is 18.8 Å². The monoisotopic (exact) mass is 235 g/mol. The van der Waals surface area contributed by atoms with E-state index in [1.165, 1.54) is 4.57 Å². The maximum atomic E-state index is 12.0. The zero-order chi connectivity index (χ0) is 12.4. The summed E-state index contributed by atoms with van der Waals surface area (Å²) in [5.74, 6) is -0.00157. The van der Waals surface area contributed by atoms with Crippen LogP contribution in [0.4, 0.5) is 5.69 Å². The zero-order valence-electron chi connectivity index (χ0n) is 9.98. The Bertz CT molecular complexity index is 487. The molecular formula is C12H17N3O2. The van der Waals surface area contributed by atoms with Gasteiger partial charge in [0, 0.05) is 18.8 Å². The van der Waals surface area contributed by atoms with Crippen LogP contribution < -0.4 is 11.3 Å². The predicted octanol–water partition coefficient (Wildman–Crippen LogP) is 0.361. The Morgan fingerprint density at radius 3 is 2.65 bits per heavy atom. The molecule has 5 nitrogen and oxygen atoms in total. The van der Waals surface area contributed by atoms with Crippen LogP contribution in [0.3, 0.4) is 0 Å². The highest BCUT2D eigenvalue weighted by atomic mass is 16.2. The van der Waals surface area contributed by atoms with E-state index in [0.717, 1.165) is 31.6 Å². The molecule has 0 bridgehead atoms. The van der Waals surface area contributed by atoms with Crippen molar-refractivity contribution in [2.24, 2.45) is 0 Å². The minimum Gasteiger partial charge on any atom is -0.394 e. The molecule has 92 valence electrons. The number of hydrogen-bond acceptors (Lipinski definition) is 3. The van der Waals surface area contributed by atoms with Gasteiger partial charge in [0.2, 0.25) is 5.91 Å². The van der Waals surface area contributed by atoms with Crippen molar-refractivity contribution in [2.45, 2.75) is 26.3 Å². The van der Waals surface area contributed by atoms with E-state index in [1.54, 1.807) is 24.0 Å². The summed E-state index contributed by atoms with van der Waals surface area (Å²) < 4.78 is 1.44. The van der Waals surface area contributed by atoms with Crippen molar-refractivity contribution in [3.8, 4) is 0 Å². The highest BCUT2D eigenvalue weighted by molar-refractivity contribution is 5.76. The molecule has 2 N–H and O–H groups in total. The molecule has 1 aromatic heterocycles. The lowest BCUT2D eigenvalue weighted by Gasteiger charge is -2.17.